The van der Waals surface area contributed by atoms with Gasteiger partial charge in [-0.3, -0.25) is 0 Å². The van der Waals surface area contributed by atoms with Crippen molar-refractivity contribution in [3.63, 3.8) is 0 Å². The minimum absolute atomic E-state index is 0.362. The molecular formula is C7H4ClIN2. The van der Waals surface area contributed by atoms with E-state index in [1.165, 1.54) is 0 Å². The third kappa shape index (κ3) is 1.57. The van der Waals surface area contributed by atoms with Gasteiger partial charge >= 0.3 is 0 Å². The van der Waals surface area contributed by atoms with Crippen LogP contribution in [0.25, 0.3) is 0 Å². The summed E-state index contributed by atoms with van der Waals surface area (Å²) in [6, 6.07) is 5.43. The van der Waals surface area contributed by atoms with Crippen molar-refractivity contribution in [3.05, 3.63) is 26.3 Å². The zero-order chi connectivity index (χ0) is 8.43. The second-order valence-corrected chi connectivity index (χ2v) is 3.50. The quantitative estimate of drug-likeness (QED) is 0.585. The first kappa shape index (κ1) is 8.62. The van der Waals surface area contributed by atoms with E-state index < -0.39 is 0 Å². The van der Waals surface area contributed by atoms with Gasteiger partial charge in [0.2, 0.25) is 0 Å². The van der Waals surface area contributed by atoms with Crippen LogP contribution in [0.2, 0.25) is 5.02 Å². The zero-order valence-corrected chi connectivity index (χ0v) is 8.35. The van der Waals surface area contributed by atoms with Crippen molar-refractivity contribution in [2.24, 2.45) is 0 Å². The molecule has 0 aliphatic carbocycles. The van der Waals surface area contributed by atoms with Gasteiger partial charge in [-0.2, -0.15) is 5.26 Å². The van der Waals surface area contributed by atoms with E-state index >= 15 is 0 Å². The van der Waals surface area contributed by atoms with E-state index in [9.17, 15) is 0 Å². The van der Waals surface area contributed by atoms with Gasteiger partial charge in [0.15, 0.2) is 0 Å². The predicted octanol–water partition coefficient (Wildman–Crippen LogP) is 2.40. The normalized spacial score (nSPS) is 9.18. The molecule has 0 saturated carbocycles. The maximum absolute atomic E-state index is 8.63. The van der Waals surface area contributed by atoms with Crippen molar-refractivity contribution >= 4 is 39.9 Å². The Hall–Kier alpha value is -0.470. The van der Waals surface area contributed by atoms with Crippen LogP contribution in [0, 0.1) is 14.9 Å². The lowest BCUT2D eigenvalue weighted by Crippen LogP contribution is -1.93. The van der Waals surface area contributed by atoms with Gasteiger partial charge in [-0.1, -0.05) is 11.6 Å². The van der Waals surface area contributed by atoms with Gasteiger partial charge in [-0.25, -0.2) is 0 Å². The molecule has 0 amide bonds. The molecular weight excluding hydrogens is 274 g/mol. The second-order valence-electron chi connectivity index (χ2n) is 1.93. The lowest BCUT2D eigenvalue weighted by molar-refractivity contribution is 1.46. The molecule has 1 aromatic carbocycles. The average molecular weight is 278 g/mol. The predicted molar refractivity (Wildman–Crippen MR) is 53.3 cm³/mol. The Kier molecular flexibility index (Phi) is 2.58. The van der Waals surface area contributed by atoms with Crippen molar-refractivity contribution in [2.45, 2.75) is 0 Å². The maximum Gasteiger partial charge on any atom is 0.102 e. The summed E-state index contributed by atoms with van der Waals surface area (Å²) in [4.78, 5) is 0. The summed E-state index contributed by atoms with van der Waals surface area (Å²) in [5, 5.41) is 9.06. The van der Waals surface area contributed by atoms with Gasteiger partial charge in [0.25, 0.3) is 0 Å². The minimum atomic E-state index is 0.362. The molecule has 0 fully saturated rings. The number of benzene rings is 1. The van der Waals surface area contributed by atoms with Crippen LogP contribution in [0.5, 0.6) is 0 Å². The van der Waals surface area contributed by atoms with Crippen molar-refractivity contribution in [2.75, 3.05) is 5.73 Å². The highest BCUT2D eigenvalue weighted by molar-refractivity contribution is 14.1. The third-order valence-electron chi connectivity index (χ3n) is 1.25. The third-order valence-corrected chi connectivity index (χ3v) is 2.48. The van der Waals surface area contributed by atoms with E-state index in [2.05, 4.69) is 0 Å². The van der Waals surface area contributed by atoms with Gasteiger partial charge in [0, 0.05) is 3.57 Å². The Morgan fingerprint density at radius 2 is 2.18 bits per heavy atom. The minimum Gasteiger partial charge on any atom is -0.396 e. The molecule has 0 heterocycles. The van der Waals surface area contributed by atoms with E-state index in [4.69, 9.17) is 22.6 Å². The number of halogens is 2. The summed E-state index contributed by atoms with van der Waals surface area (Å²) in [6.45, 7) is 0. The van der Waals surface area contributed by atoms with E-state index in [0.717, 1.165) is 3.57 Å². The molecule has 0 radical (unpaired) electrons. The second kappa shape index (κ2) is 3.28. The zero-order valence-electron chi connectivity index (χ0n) is 5.44. The van der Waals surface area contributed by atoms with E-state index in [1.54, 1.807) is 12.1 Å². The first-order valence-electron chi connectivity index (χ1n) is 2.80. The number of nitrogen functional groups attached to an aromatic ring is 1. The van der Waals surface area contributed by atoms with Crippen LogP contribution in [0.4, 0.5) is 5.69 Å². The molecule has 0 aliphatic heterocycles. The standard InChI is InChI=1S/C7H4ClIN2/c8-5-1-2-6(9)4(3-10)7(5)11/h1-2H,11H2. The number of rotatable bonds is 0. The molecule has 1 aromatic rings. The summed E-state index contributed by atoms with van der Waals surface area (Å²) in [5.74, 6) is 0. The van der Waals surface area contributed by atoms with Crippen LogP contribution in [-0.4, -0.2) is 0 Å². The number of nitrogens with two attached hydrogens (primary N) is 1. The molecule has 0 spiro atoms. The molecule has 0 saturated heterocycles. The molecule has 0 unspecified atom stereocenters. The molecule has 4 heteroatoms. The molecule has 2 N–H and O–H groups in total. The molecule has 0 atom stereocenters. The molecule has 2 nitrogen and oxygen atoms in total. The van der Waals surface area contributed by atoms with Gasteiger partial charge in [0.1, 0.15) is 6.07 Å². The van der Waals surface area contributed by atoms with Crippen LogP contribution in [0.15, 0.2) is 12.1 Å². The Bertz CT molecular complexity index is 330. The molecule has 0 aromatic heterocycles. The number of nitriles is 1. The van der Waals surface area contributed by atoms with Crippen LogP contribution in [0.3, 0.4) is 0 Å². The number of hydrogen-bond acceptors (Lipinski definition) is 2. The number of nitrogens with zero attached hydrogens (tertiary/aromatic N) is 1. The monoisotopic (exact) mass is 278 g/mol. The number of anilines is 1. The Morgan fingerprint density at radius 3 is 2.64 bits per heavy atom. The summed E-state index contributed by atoms with van der Waals surface area (Å²) in [7, 11) is 0. The highest BCUT2D eigenvalue weighted by atomic mass is 127. The molecule has 0 bridgehead atoms. The Morgan fingerprint density at radius 1 is 1.55 bits per heavy atom. The summed E-state index contributed by atoms with van der Waals surface area (Å²) in [6.07, 6.45) is 0. The molecule has 11 heavy (non-hydrogen) atoms. The topological polar surface area (TPSA) is 49.8 Å². The summed E-state index contributed by atoms with van der Waals surface area (Å²) < 4.78 is 0.826. The fraction of sp³-hybridized carbons (Fsp3) is 0. The van der Waals surface area contributed by atoms with Gasteiger partial charge in [-0.15, -0.1) is 0 Å². The lowest BCUT2D eigenvalue weighted by Gasteiger charge is -2.00. The summed E-state index contributed by atoms with van der Waals surface area (Å²) >= 11 is 7.73. The molecule has 1 rings (SSSR count). The van der Waals surface area contributed by atoms with Crippen LogP contribution >= 0.6 is 34.2 Å². The first-order chi connectivity index (χ1) is 5.16. The van der Waals surface area contributed by atoms with Crippen LogP contribution < -0.4 is 5.73 Å². The van der Waals surface area contributed by atoms with Crippen LogP contribution in [0.1, 0.15) is 5.56 Å². The van der Waals surface area contributed by atoms with Crippen molar-refractivity contribution in [1.29, 1.82) is 5.26 Å². The summed E-state index contributed by atoms with van der Waals surface area (Å²) in [5.41, 5.74) is 6.35. The first-order valence-corrected chi connectivity index (χ1v) is 4.26. The Balaban J connectivity index is 3.44. The van der Waals surface area contributed by atoms with E-state index in [-0.39, 0.29) is 0 Å². The van der Waals surface area contributed by atoms with Crippen LogP contribution in [-0.2, 0) is 0 Å². The average Bonchev–Trinajstić information content (AvgIpc) is 1.99. The lowest BCUT2D eigenvalue weighted by atomic mass is 10.2. The fourth-order valence-corrected chi connectivity index (χ4v) is 1.43. The largest absolute Gasteiger partial charge is 0.396 e. The Labute approximate surface area is 83.1 Å². The number of hydrogen-bond donors (Lipinski definition) is 1. The van der Waals surface area contributed by atoms with Gasteiger partial charge in [0.05, 0.1) is 16.3 Å². The SMILES string of the molecule is N#Cc1c(I)ccc(Cl)c1N. The van der Waals surface area contributed by atoms with E-state index in [0.29, 0.717) is 16.3 Å². The highest BCUT2D eigenvalue weighted by Crippen LogP contribution is 2.25. The van der Waals surface area contributed by atoms with Gasteiger partial charge in [-0.05, 0) is 34.7 Å². The molecule has 56 valence electrons. The maximum atomic E-state index is 8.63. The highest BCUT2D eigenvalue weighted by Gasteiger charge is 2.05. The van der Waals surface area contributed by atoms with Crippen molar-refractivity contribution in [1.82, 2.24) is 0 Å². The van der Waals surface area contributed by atoms with Gasteiger partial charge < -0.3 is 5.73 Å². The smallest absolute Gasteiger partial charge is 0.102 e. The fourth-order valence-electron chi connectivity index (χ4n) is 0.681. The molecule has 0 aliphatic rings. The van der Waals surface area contributed by atoms with E-state index in [1.807, 2.05) is 28.7 Å². The van der Waals surface area contributed by atoms with Crippen molar-refractivity contribution in [3.8, 4) is 6.07 Å². The van der Waals surface area contributed by atoms with Crippen molar-refractivity contribution < 1.29 is 0 Å².